The molecule has 3 nitrogen and oxygen atoms in total. The molecule has 1 amide bonds. The molecule has 3 aromatic carbocycles. The molecule has 0 atom stereocenters. The number of rotatable bonds is 7. The van der Waals surface area contributed by atoms with Gasteiger partial charge in [-0.3, -0.25) is 4.79 Å². The number of carbonyl (C=O) groups is 1. The normalized spacial score (nSPS) is 16.0. The van der Waals surface area contributed by atoms with Crippen LogP contribution in [0.4, 0.5) is 13.2 Å². The number of nitrogens with one attached hydrogen (secondary N) is 1. The second kappa shape index (κ2) is 11.2. The molecule has 0 saturated carbocycles. The van der Waals surface area contributed by atoms with Gasteiger partial charge < -0.3 is 10.2 Å². The zero-order valence-corrected chi connectivity index (χ0v) is 21.1. The lowest BCUT2D eigenvalue weighted by molar-refractivity contribution is -0.138. The van der Waals surface area contributed by atoms with E-state index in [9.17, 15) is 18.0 Å². The first-order chi connectivity index (χ1) is 17.2. The summed E-state index contributed by atoms with van der Waals surface area (Å²) >= 11 is 12.5. The van der Waals surface area contributed by atoms with Gasteiger partial charge in [-0.2, -0.15) is 13.2 Å². The number of benzene rings is 3. The molecule has 0 spiro atoms. The van der Waals surface area contributed by atoms with Crippen molar-refractivity contribution in [3.05, 3.63) is 105 Å². The van der Waals surface area contributed by atoms with Crippen LogP contribution in [0.2, 0.25) is 10.0 Å². The quantitative estimate of drug-likeness (QED) is 0.353. The Balaban J connectivity index is 1.46. The fourth-order valence-corrected chi connectivity index (χ4v) is 5.29. The van der Waals surface area contributed by atoms with E-state index in [0.29, 0.717) is 53.8 Å². The Hall–Kier alpha value is -2.54. The maximum atomic E-state index is 13.4. The van der Waals surface area contributed by atoms with Gasteiger partial charge >= 0.3 is 6.18 Å². The third kappa shape index (κ3) is 6.23. The molecule has 4 rings (SSSR count). The molecule has 1 aliphatic heterocycles. The van der Waals surface area contributed by atoms with Crippen LogP contribution in [0.3, 0.4) is 0 Å². The minimum Gasteiger partial charge on any atom is -0.351 e. The molecule has 36 heavy (non-hydrogen) atoms. The number of hydrogen-bond donors (Lipinski definition) is 1. The molecule has 0 radical (unpaired) electrons. The van der Waals surface area contributed by atoms with Crippen molar-refractivity contribution in [2.75, 3.05) is 26.2 Å². The largest absolute Gasteiger partial charge is 0.416 e. The summed E-state index contributed by atoms with van der Waals surface area (Å²) in [4.78, 5) is 15.0. The van der Waals surface area contributed by atoms with Gasteiger partial charge in [-0.25, -0.2) is 0 Å². The molecule has 190 valence electrons. The molecule has 3 aromatic rings. The topological polar surface area (TPSA) is 32.3 Å². The number of nitrogens with zero attached hydrogens (tertiary/aromatic N) is 1. The highest BCUT2D eigenvalue weighted by atomic mass is 35.5. The predicted molar refractivity (Wildman–Crippen MR) is 138 cm³/mol. The van der Waals surface area contributed by atoms with Crippen molar-refractivity contribution >= 4 is 29.1 Å². The first kappa shape index (κ1) is 26.5. The molecule has 0 aliphatic carbocycles. The van der Waals surface area contributed by atoms with Gasteiger partial charge in [0.15, 0.2) is 0 Å². The van der Waals surface area contributed by atoms with E-state index in [4.69, 9.17) is 23.2 Å². The highest BCUT2D eigenvalue weighted by Crippen LogP contribution is 2.37. The van der Waals surface area contributed by atoms with E-state index in [0.717, 1.165) is 24.5 Å². The lowest BCUT2D eigenvalue weighted by Gasteiger charge is -2.42. The minimum absolute atomic E-state index is 0.242. The van der Waals surface area contributed by atoms with Crippen LogP contribution >= 0.6 is 23.2 Å². The van der Waals surface area contributed by atoms with Crippen LogP contribution in [-0.2, 0) is 18.0 Å². The standard InChI is InChI=1S/C28H27Cl2F3N2O/c29-22-8-5-7-21(18-22)27(19-34-26(36)23-9-2-4-11-25(23)30)13-16-35(17-14-27)15-12-20-6-1-3-10-24(20)28(31,32)33/h1-11,18H,12-17,19H2,(H,34,36). The van der Waals surface area contributed by atoms with Gasteiger partial charge in [0.1, 0.15) is 0 Å². The van der Waals surface area contributed by atoms with Gasteiger partial charge in [0, 0.05) is 23.5 Å². The summed E-state index contributed by atoms with van der Waals surface area (Å²) in [5.74, 6) is -0.242. The molecule has 1 N–H and O–H groups in total. The number of carbonyl (C=O) groups excluding carboxylic acids is 1. The zero-order chi connectivity index (χ0) is 25.8. The SMILES string of the molecule is O=C(NCC1(c2cccc(Cl)c2)CCN(CCc2ccccc2C(F)(F)F)CC1)c1ccccc1Cl. The van der Waals surface area contributed by atoms with E-state index in [2.05, 4.69) is 10.2 Å². The van der Waals surface area contributed by atoms with E-state index < -0.39 is 11.7 Å². The van der Waals surface area contributed by atoms with Crippen LogP contribution in [0.25, 0.3) is 0 Å². The van der Waals surface area contributed by atoms with Crippen LogP contribution in [0.5, 0.6) is 0 Å². The van der Waals surface area contributed by atoms with Gasteiger partial charge in [-0.1, -0.05) is 65.7 Å². The van der Waals surface area contributed by atoms with Crippen LogP contribution in [0, 0.1) is 0 Å². The maximum absolute atomic E-state index is 13.4. The van der Waals surface area contributed by atoms with Gasteiger partial charge in [0.25, 0.3) is 5.91 Å². The van der Waals surface area contributed by atoms with Gasteiger partial charge in [0.05, 0.1) is 16.1 Å². The molecule has 1 heterocycles. The van der Waals surface area contributed by atoms with Crippen molar-refractivity contribution in [1.82, 2.24) is 10.2 Å². The molecular formula is C28H27Cl2F3N2O. The summed E-state index contributed by atoms with van der Waals surface area (Å²) in [6.45, 7) is 2.33. The molecule has 0 aromatic heterocycles. The van der Waals surface area contributed by atoms with Crippen molar-refractivity contribution < 1.29 is 18.0 Å². The van der Waals surface area contributed by atoms with Crippen molar-refractivity contribution in [3.63, 3.8) is 0 Å². The summed E-state index contributed by atoms with van der Waals surface area (Å²) < 4.78 is 40.1. The van der Waals surface area contributed by atoms with E-state index in [1.54, 1.807) is 36.4 Å². The van der Waals surface area contributed by atoms with Gasteiger partial charge in [-0.05, 0) is 73.8 Å². The first-order valence-electron chi connectivity index (χ1n) is 11.8. The van der Waals surface area contributed by atoms with Crippen molar-refractivity contribution in [2.24, 2.45) is 0 Å². The molecule has 0 bridgehead atoms. The first-order valence-corrected chi connectivity index (χ1v) is 12.6. The molecule has 8 heteroatoms. The predicted octanol–water partition coefficient (Wildman–Crippen LogP) is 7.02. The van der Waals surface area contributed by atoms with Crippen LogP contribution < -0.4 is 5.32 Å². The molecule has 1 aliphatic rings. The molecule has 0 unspecified atom stereocenters. The number of alkyl halides is 3. The second-order valence-electron chi connectivity index (χ2n) is 9.20. The number of piperidine rings is 1. The molecule has 1 fully saturated rings. The summed E-state index contributed by atoms with van der Waals surface area (Å²) in [7, 11) is 0. The number of hydrogen-bond acceptors (Lipinski definition) is 2. The van der Waals surface area contributed by atoms with E-state index in [-0.39, 0.29) is 11.3 Å². The van der Waals surface area contributed by atoms with E-state index in [1.807, 2.05) is 24.3 Å². The Labute approximate surface area is 219 Å². The zero-order valence-electron chi connectivity index (χ0n) is 19.6. The van der Waals surface area contributed by atoms with Gasteiger partial charge in [0.2, 0.25) is 0 Å². The minimum atomic E-state index is -4.36. The monoisotopic (exact) mass is 534 g/mol. The fourth-order valence-electron chi connectivity index (χ4n) is 4.87. The van der Waals surface area contributed by atoms with Crippen molar-refractivity contribution in [2.45, 2.75) is 30.9 Å². The molecular weight excluding hydrogens is 508 g/mol. The average Bonchev–Trinajstić information content (AvgIpc) is 2.86. The van der Waals surface area contributed by atoms with Crippen molar-refractivity contribution in [3.8, 4) is 0 Å². The summed E-state index contributed by atoms with van der Waals surface area (Å²) in [5.41, 5.74) is 0.848. The summed E-state index contributed by atoms with van der Waals surface area (Å²) in [5, 5.41) is 4.07. The Morgan fingerprint density at radius 1 is 0.944 bits per heavy atom. The van der Waals surface area contributed by atoms with Crippen LogP contribution in [0.1, 0.15) is 39.9 Å². The Morgan fingerprint density at radius 2 is 1.64 bits per heavy atom. The Bertz CT molecular complexity index is 1210. The Kier molecular flexibility index (Phi) is 8.28. The number of amides is 1. The summed E-state index contributed by atoms with van der Waals surface area (Å²) in [6, 6.07) is 20.3. The molecule has 1 saturated heterocycles. The smallest absolute Gasteiger partial charge is 0.351 e. The lowest BCUT2D eigenvalue weighted by Crippen LogP contribution is -2.49. The highest BCUT2D eigenvalue weighted by Gasteiger charge is 2.37. The lowest BCUT2D eigenvalue weighted by atomic mass is 9.72. The van der Waals surface area contributed by atoms with Crippen LogP contribution in [0.15, 0.2) is 72.8 Å². The Morgan fingerprint density at radius 3 is 2.33 bits per heavy atom. The van der Waals surface area contributed by atoms with E-state index in [1.165, 1.54) is 6.07 Å². The third-order valence-electron chi connectivity index (χ3n) is 6.98. The average molecular weight is 535 g/mol. The number of likely N-dealkylation sites (tertiary alicyclic amines) is 1. The number of halogens is 5. The fraction of sp³-hybridized carbons (Fsp3) is 0.321. The van der Waals surface area contributed by atoms with Crippen molar-refractivity contribution in [1.29, 1.82) is 0 Å². The highest BCUT2D eigenvalue weighted by molar-refractivity contribution is 6.33. The van der Waals surface area contributed by atoms with E-state index >= 15 is 0 Å². The second-order valence-corrected chi connectivity index (χ2v) is 10.0. The van der Waals surface area contributed by atoms with Gasteiger partial charge in [-0.15, -0.1) is 0 Å². The van der Waals surface area contributed by atoms with Crippen LogP contribution in [-0.4, -0.2) is 37.0 Å². The maximum Gasteiger partial charge on any atom is 0.416 e. The third-order valence-corrected chi connectivity index (χ3v) is 7.54. The summed E-state index contributed by atoms with van der Waals surface area (Å²) in [6.07, 6.45) is -2.57.